The highest BCUT2D eigenvalue weighted by molar-refractivity contribution is 5.97. The Balaban J connectivity index is 6.09. The summed E-state index contributed by atoms with van der Waals surface area (Å²) < 4.78 is 0. The molecule has 0 bridgehead atoms. The van der Waals surface area contributed by atoms with Crippen LogP contribution in [0.4, 0.5) is 0 Å². The van der Waals surface area contributed by atoms with E-state index in [2.05, 4.69) is 26.6 Å². The van der Waals surface area contributed by atoms with Gasteiger partial charge in [0, 0.05) is 6.42 Å². The number of aliphatic carboxylic acids is 3. The first-order valence-corrected chi connectivity index (χ1v) is 16.9. The van der Waals surface area contributed by atoms with Crippen molar-refractivity contribution in [3.05, 3.63) is 0 Å². The zero-order valence-electron chi connectivity index (χ0n) is 29.4. The van der Waals surface area contributed by atoms with Crippen molar-refractivity contribution in [2.24, 2.45) is 23.1 Å². The molecule has 0 aromatic rings. The average molecular weight is 733 g/mol. The molecule has 0 spiro atoms. The standard InChI is InChI=1S/C31H56N8O12/c1-16(2)14-22(31(50)51)38-27(46)20(10-11-23(41)42)36-29(48)21(15-24(43)44)37-30(49)25(17(3)40)39-28(47)19(9-5-7-13-33)35-26(45)18(34)8-4-6-12-32/h16-22,25,40H,4-15,32-34H2,1-3H3,(H,35,45)(H,36,48)(H,37,49)(H,38,46)(H,39,47)(H,41,42)(H,43,44)(H,50,51). The number of nitrogens with two attached hydrogens (primary N) is 3. The molecule has 0 aliphatic carbocycles. The molecule has 7 atom stereocenters. The Morgan fingerprint density at radius 3 is 1.53 bits per heavy atom. The average Bonchev–Trinajstić information content (AvgIpc) is 3.03. The minimum absolute atomic E-state index is 0.00394. The lowest BCUT2D eigenvalue weighted by molar-refractivity contribution is -0.144. The number of amides is 5. The summed E-state index contributed by atoms with van der Waals surface area (Å²) in [7, 11) is 0. The molecule has 7 unspecified atom stereocenters. The van der Waals surface area contributed by atoms with E-state index < -0.39 is 109 Å². The first-order chi connectivity index (χ1) is 23.8. The first-order valence-electron chi connectivity index (χ1n) is 16.9. The first kappa shape index (κ1) is 46.6. The summed E-state index contributed by atoms with van der Waals surface area (Å²) >= 11 is 0. The number of carboxylic acids is 3. The van der Waals surface area contributed by atoms with Crippen molar-refractivity contribution in [1.82, 2.24) is 26.6 Å². The van der Waals surface area contributed by atoms with E-state index in [1.807, 2.05) is 0 Å². The largest absolute Gasteiger partial charge is 0.481 e. The van der Waals surface area contributed by atoms with E-state index in [9.17, 15) is 53.7 Å². The molecule has 20 heteroatoms. The van der Waals surface area contributed by atoms with Gasteiger partial charge in [0.25, 0.3) is 0 Å². The topological polar surface area (TPSA) is 356 Å². The van der Waals surface area contributed by atoms with Gasteiger partial charge in [-0.05, 0) is 70.9 Å². The molecular formula is C31H56N8O12. The molecule has 0 aliphatic heterocycles. The van der Waals surface area contributed by atoms with Crippen LogP contribution in [0.5, 0.6) is 0 Å². The zero-order valence-corrected chi connectivity index (χ0v) is 29.4. The van der Waals surface area contributed by atoms with Gasteiger partial charge in [0.1, 0.15) is 30.2 Å². The highest BCUT2D eigenvalue weighted by Gasteiger charge is 2.35. The second kappa shape index (κ2) is 24.7. The summed E-state index contributed by atoms with van der Waals surface area (Å²) in [5.41, 5.74) is 17.0. The van der Waals surface area contributed by atoms with Crippen molar-refractivity contribution < 1.29 is 58.8 Å². The van der Waals surface area contributed by atoms with Crippen LogP contribution in [0.25, 0.3) is 0 Å². The SMILES string of the molecule is CC(C)CC(NC(=O)C(CCC(=O)O)NC(=O)C(CC(=O)O)NC(=O)C(NC(=O)C(CCCCN)NC(=O)C(N)CCCCN)C(C)O)C(=O)O. The van der Waals surface area contributed by atoms with Gasteiger partial charge in [-0.1, -0.05) is 20.3 Å². The van der Waals surface area contributed by atoms with Gasteiger partial charge < -0.3 is 64.2 Å². The fourth-order valence-corrected chi connectivity index (χ4v) is 4.76. The molecule has 0 rings (SSSR count). The van der Waals surface area contributed by atoms with Crippen molar-refractivity contribution in [2.75, 3.05) is 13.1 Å². The van der Waals surface area contributed by atoms with Crippen LogP contribution in [0.3, 0.4) is 0 Å². The quantitative estimate of drug-likeness (QED) is 0.0371. The lowest BCUT2D eigenvalue weighted by Gasteiger charge is -2.28. The fourth-order valence-electron chi connectivity index (χ4n) is 4.76. The van der Waals surface area contributed by atoms with Crippen LogP contribution in [0.1, 0.15) is 85.0 Å². The third-order valence-corrected chi connectivity index (χ3v) is 7.56. The molecule has 51 heavy (non-hydrogen) atoms. The molecule has 5 amide bonds. The van der Waals surface area contributed by atoms with Gasteiger partial charge in [0.05, 0.1) is 18.6 Å². The highest BCUT2D eigenvalue weighted by atomic mass is 16.4. The van der Waals surface area contributed by atoms with Crippen LogP contribution in [0, 0.1) is 5.92 Å². The van der Waals surface area contributed by atoms with E-state index in [-0.39, 0.29) is 18.8 Å². The molecule has 0 aliphatic rings. The van der Waals surface area contributed by atoms with Crippen LogP contribution < -0.4 is 43.8 Å². The minimum Gasteiger partial charge on any atom is -0.481 e. The molecule has 0 saturated heterocycles. The molecule has 20 nitrogen and oxygen atoms in total. The third kappa shape index (κ3) is 19.5. The fraction of sp³-hybridized carbons (Fsp3) is 0.742. The molecule has 0 aromatic carbocycles. The summed E-state index contributed by atoms with van der Waals surface area (Å²) in [4.78, 5) is 100. The number of aliphatic hydroxyl groups is 1. The number of hydrogen-bond donors (Lipinski definition) is 12. The van der Waals surface area contributed by atoms with E-state index in [4.69, 9.17) is 22.3 Å². The minimum atomic E-state index is -1.91. The Labute approximate surface area is 296 Å². The van der Waals surface area contributed by atoms with E-state index in [1.165, 1.54) is 0 Å². The van der Waals surface area contributed by atoms with Gasteiger partial charge in [-0.15, -0.1) is 0 Å². The van der Waals surface area contributed by atoms with Gasteiger partial charge in [-0.3, -0.25) is 33.6 Å². The molecule has 0 heterocycles. The molecule has 292 valence electrons. The number of carbonyl (C=O) groups is 8. The Kier molecular flexibility index (Phi) is 22.6. The molecule has 0 aromatic heterocycles. The van der Waals surface area contributed by atoms with Gasteiger partial charge in [-0.2, -0.15) is 0 Å². The monoisotopic (exact) mass is 732 g/mol. The summed E-state index contributed by atoms with van der Waals surface area (Å²) in [5, 5.41) is 49.9. The van der Waals surface area contributed by atoms with Gasteiger partial charge >= 0.3 is 17.9 Å². The number of nitrogens with one attached hydrogen (secondary N) is 5. The van der Waals surface area contributed by atoms with Crippen molar-refractivity contribution in [3.8, 4) is 0 Å². The maximum Gasteiger partial charge on any atom is 0.326 e. The van der Waals surface area contributed by atoms with Crippen LogP contribution in [0.15, 0.2) is 0 Å². The zero-order chi connectivity index (χ0) is 39.3. The number of unbranched alkanes of at least 4 members (excludes halogenated alkanes) is 2. The Bertz CT molecular complexity index is 1190. The van der Waals surface area contributed by atoms with Crippen LogP contribution >= 0.6 is 0 Å². The van der Waals surface area contributed by atoms with Crippen LogP contribution in [-0.4, -0.2) is 123 Å². The molecule has 15 N–H and O–H groups in total. The highest BCUT2D eigenvalue weighted by Crippen LogP contribution is 2.09. The summed E-state index contributed by atoms with van der Waals surface area (Å²) in [5.74, 6) is -9.53. The van der Waals surface area contributed by atoms with E-state index in [0.717, 1.165) is 6.92 Å². The lowest BCUT2D eigenvalue weighted by Crippen LogP contribution is -2.61. The normalized spacial score (nSPS) is 15.2. The van der Waals surface area contributed by atoms with E-state index in [1.54, 1.807) is 13.8 Å². The maximum atomic E-state index is 13.3. The molecular weight excluding hydrogens is 676 g/mol. The van der Waals surface area contributed by atoms with Gasteiger partial charge in [0.15, 0.2) is 0 Å². The van der Waals surface area contributed by atoms with Crippen molar-refractivity contribution >= 4 is 47.4 Å². The number of carbonyl (C=O) groups excluding carboxylic acids is 5. The second-order valence-corrected chi connectivity index (χ2v) is 12.6. The summed E-state index contributed by atoms with van der Waals surface area (Å²) in [6.07, 6.45) is -1.35. The van der Waals surface area contributed by atoms with Gasteiger partial charge in [-0.25, -0.2) is 4.79 Å². The van der Waals surface area contributed by atoms with Crippen molar-refractivity contribution in [1.29, 1.82) is 0 Å². The number of hydrogen-bond acceptors (Lipinski definition) is 12. The number of rotatable bonds is 27. The molecule has 0 fully saturated rings. The van der Waals surface area contributed by atoms with Gasteiger partial charge in [0.2, 0.25) is 29.5 Å². The Hall–Kier alpha value is -4.40. The number of aliphatic hydroxyl groups excluding tert-OH is 1. The van der Waals surface area contributed by atoms with Crippen molar-refractivity contribution in [2.45, 2.75) is 127 Å². The summed E-state index contributed by atoms with van der Waals surface area (Å²) in [6.45, 7) is 5.24. The number of carboxylic acid groups (broad SMARTS) is 3. The summed E-state index contributed by atoms with van der Waals surface area (Å²) in [6, 6.07) is -8.89. The van der Waals surface area contributed by atoms with Crippen LogP contribution in [0.2, 0.25) is 0 Å². The maximum absolute atomic E-state index is 13.3. The molecule has 0 radical (unpaired) electrons. The lowest BCUT2D eigenvalue weighted by atomic mass is 10.0. The Morgan fingerprint density at radius 2 is 1.04 bits per heavy atom. The third-order valence-electron chi connectivity index (χ3n) is 7.56. The smallest absolute Gasteiger partial charge is 0.326 e. The predicted molar refractivity (Wildman–Crippen MR) is 181 cm³/mol. The predicted octanol–water partition coefficient (Wildman–Crippen LogP) is -3.15. The van der Waals surface area contributed by atoms with E-state index in [0.29, 0.717) is 45.2 Å². The Morgan fingerprint density at radius 1 is 0.569 bits per heavy atom. The second-order valence-electron chi connectivity index (χ2n) is 12.6. The van der Waals surface area contributed by atoms with Crippen molar-refractivity contribution in [3.63, 3.8) is 0 Å². The van der Waals surface area contributed by atoms with Crippen LogP contribution in [-0.2, 0) is 38.4 Å². The van der Waals surface area contributed by atoms with E-state index >= 15 is 0 Å². The molecule has 0 saturated carbocycles.